The summed E-state index contributed by atoms with van der Waals surface area (Å²) in [6.45, 7) is 1.23. The predicted molar refractivity (Wildman–Crippen MR) is 56.0 cm³/mol. The van der Waals surface area contributed by atoms with Gasteiger partial charge in [0.05, 0.1) is 32.7 Å². The molecule has 92 valence electrons. The van der Waals surface area contributed by atoms with E-state index in [2.05, 4.69) is 14.7 Å². The van der Waals surface area contributed by atoms with Gasteiger partial charge >= 0.3 is 5.97 Å². The Morgan fingerprint density at radius 2 is 2.29 bits per heavy atom. The smallest absolute Gasteiger partial charge is 0.336 e. The lowest BCUT2D eigenvalue weighted by Gasteiger charge is -2.31. The fourth-order valence-electron chi connectivity index (χ4n) is 1.57. The zero-order valence-corrected chi connectivity index (χ0v) is 9.30. The molecule has 1 atom stereocenters. The maximum Gasteiger partial charge on any atom is 0.336 e. The maximum atomic E-state index is 12.7. The van der Waals surface area contributed by atoms with E-state index in [0.717, 1.165) is 12.4 Å². The summed E-state index contributed by atoms with van der Waals surface area (Å²) in [5.74, 6) is -0.549. The van der Waals surface area contributed by atoms with Gasteiger partial charge in [-0.2, -0.15) is 0 Å². The highest BCUT2D eigenvalue weighted by Crippen LogP contribution is 2.13. The van der Waals surface area contributed by atoms with Crippen LogP contribution in [0.4, 0.5) is 10.3 Å². The Kier molecular flexibility index (Phi) is 3.48. The number of rotatable bonds is 2. The molecule has 0 N–H and O–H groups in total. The van der Waals surface area contributed by atoms with Crippen LogP contribution in [-0.4, -0.2) is 48.8 Å². The van der Waals surface area contributed by atoms with Crippen molar-refractivity contribution in [2.45, 2.75) is 6.10 Å². The second-order valence-corrected chi connectivity index (χ2v) is 3.53. The van der Waals surface area contributed by atoms with Crippen molar-refractivity contribution in [3.63, 3.8) is 0 Å². The van der Waals surface area contributed by atoms with Crippen LogP contribution in [0, 0.1) is 5.82 Å². The highest BCUT2D eigenvalue weighted by molar-refractivity contribution is 5.75. The Bertz CT molecular complexity index is 398. The monoisotopic (exact) mass is 241 g/mol. The minimum absolute atomic E-state index is 0.304. The van der Waals surface area contributed by atoms with Gasteiger partial charge in [-0.05, 0) is 0 Å². The number of morpholine rings is 1. The topological polar surface area (TPSA) is 64.5 Å². The number of nitrogens with zero attached hydrogens (tertiary/aromatic N) is 3. The first-order valence-electron chi connectivity index (χ1n) is 5.12. The van der Waals surface area contributed by atoms with Crippen LogP contribution in [0.5, 0.6) is 0 Å². The molecule has 1 aromatic heterocycles. The van der Waals surface area contributed by atoms with Crippen molar-refractivity contribution in [1.29, 1.82) is 0 Å². The number of carbonyl (C=O) groups excluding carboxylic acids is 1. The van der Waals surface area contributed by atoms with E-state index in [0.29, 0.717) is 25.6 Å². The quantitative estimate of drug-likeness (QED) is 0.679. The van der Waals surface area contributed by atoms with Crippen LogP contribution in [0.2, 0.25) is 0 Å². The number of aromatic nitrogens is 2. The van der Waals surface area contributed by atoms with Crippen LogP contribution in [0.15, 0.2) is 12.4 Å². The van der Waals surface area contributed by atoms with Crippen LogP contribution in [0.25, 0.3) is 0 Å². The minimum Gasteiger partial charge on any atom is -0.467 e. The number of halogens is 1. The summed E-state index contributed by atoms with van der Waals surface area (Å²) < 4.78 is 22.5. The molecule has 1 fully saturated rings. The lowest BCUT2D eigenvalue weighted by Crippen LogP contribution is -2.47. The third-order valence-corrected chi connectivity index (χ3v) is 2.42. The zero-order valence-electron chi connectivity index (χ0n) is 9.30. The van der Waals surface area contributed by atoms with Gasteiger partial charge in [-0.3, -0.25) is 0 Å². The Balaban J connectivity index is 2.06. The van der Waals surface area contributed by atoms with Gasteiger partial charge in [0.1, 0.15) is 0 Å². The molecule has 0 spiro atoms. The number of hydrogen-bond acceptors (Lipinski definition) is 6. The summed E-state index contributed by atoms with van der Waals surface area (Å²) in [7, 11) is 1.30. The SMILES string of the molecule is COC(=O)C1CN(c2ncc(F)cn2)CCO1. The number of methoxy groups -OCH3 is 1. The van der Waals surface area contributed by atoms with Gasteiger partial charge in [0.25, 0.3) is 0 Å². The summed E-state index contributed by atoms with van der Waals surface area (Å²) in [5, 5.41) is 0. The van der Waals surface area contributed by atoms with Gasteiger partial charge in [0.15, 0.2) is 11.9 Å². The average Bonchev–Trinajstić information content (AvgIpc) is 2.39. The highest BCUT2D eigenvalue weighted by Gasteiger charge is 2.28. The second-order valence-electron chi connectivity index (χ2n) is 3.53. The number of ether oxygens (including phenoxy) is 2. The van der Waals surface area contributed by atoms with Gasteiger partial charge in [0.2, 0.25) is 5.95 Å². The largest absolute Gasteiger partial charge is 0.467 e. The number of esters is 1. The third-order valence-electron chi connectivity index (χ3n) is 2.42. The van der Waals surface area contributed by atoms with E-state index < -0.39 is 17.9 Å². The Morgan fingerprint density at radius 3 is 2.94 bits per heavy atom. The molecule has 1 unspecified atom stereocenters. The molecule has 0 radical (unpaired) electrons. The fourth-order valence-corrected chi connectivity index (χ4v) is 1.57. The van der Waals surface area contributed by atoms with E-state index in [1.807, 2.05) is 0 Å². The molecule has 0 saturated carbocycles. The van der Waals surface area contributed by atoms with Gasteiger partial charge in [-0.15, -0.1) is 0 Å². The van der Waals surface area contributed by atoms with Gasteiger partial charge in [-0.25, -0.2) is 19.2 Å². The first kappa shape index (κ1) is 11.7. The summed E-state index contributed by atoms with van der Waals surface area (Å²) >= 11 is 0. The Hall–Kier alpha value is -1.76. The molecular formula is C10H12FN3O3. The van der Waals surface area contributed by atoms with Crippen LogP contribution in [-0.2, 0) is 14.3 Å². The lowest BCUT2D eigenvalue weighted by molar-refractivity contribution is -0.154. The highest BCUT2D eigenvalue weighted by atomic mass is 19.1. The van der Waals surface area contributed by atoms with Crippen molar-refractivity contribution in [2.24, 2.45) is 0 Å². The van der Waals surface area contributed by atoms with E-state index in [-0.39, 0.29) is 0 Å². The van der Waals surface area contributed by atoms with Crippen molar-refractivity contribution in [3.8, 4) is 0 Å². The molecule has 7 heteroatoms. The third kappa shape index (κ3) is 2.68. The molecular weight excluding hydrogens is 229 g/mol. The number of anilines is 1. The average molecular weight is 241 g/mol. The molecule has 0 aromatic carbocycles. The van der Waals surface area contributed by atoms with Gasteiger partial charge in [-0.1, -0.05) is 0 Å². The normalized spacial score (nSPS) is 20.1. The molecule has 2 rings (SSSR count). The van der Waals surface area contributed by atoms with Gasteiger partial charge in [0, 0.05) is 6.54 Å². The van der Waals surface area contributed by atoms with E-state index in [1.165, 1.54) is 7.11 Å². The van der Waals surface area contributed by atoms with E-state index in [9.17, 15) is 9.18 Å². The van der Waals surface area contributed by atoms with Crippen molar-refractivity contribution in [1.82, 2.24) is 9.97 Å². The molecule has 0 bridgehead atoms. The summed E-state index contributed by atoms with van der Waals surface area (Å²) in [5.41, 5.74) is 0. The van der Waals surface area contributed by atoms with Gasteiger partial charge < -0.3 is 14.4 Å². The van der Waals surface area contributed by atoms with Crippen molar-refractivity contribution < 1.29 is 18.7 Å². The number of hydrogen-bond donors (Lipinski definition) is 0. The van der Waals surface area contributed by atoms with Crippen molar-refractivity contribution in [2.75, 3.05) is 31.7 Å². The molecule has 1 aliphatic rings. The van der Waals surface area contributed by atoms with E-state index in [1.54, 1.807) is 4.90 Å². The Morgan fingerprint density at radius 1 is 1.59 bits per heavy atom. The minimum atomic E-state index is -0.651. The van der Waals surface area contributed by atoms with Crippen molar-refractivity contribution >= 4 is 11.9 Å². The molecule has 17 heavy (non-hydrogen) atoms. The Labute approximate surface area is 97.4 Å². The standard InChI is InChI=1S/C10H12FN3O3/c1-16-9(15)8-6-14(2-3-17-8)10-12-4-7(11)5-13-10/h4-5,8H,2-3,6H2,1H3. The molecule has 1 saturated heterocycles. The van der Waals surface area contributed by atoms with Crippen molar-refractivity contribution in [3.05, 3.63) is 18.2 Å². The summed E-state index contributed by atoms with van der Waals surface area (Å²) in [6.07, 6.45) is 1.53. The lowest BCUT2D eigenvalue weighted by atomic mass is 10.3. The fraction of sp³-hybridized carbons (Fsp3) is 0.500. The maximum absolute atomic E-state index is 12.7. The zero-order chi connectivity index (χ0) is 12.3. The van der Waals surface area contributed by atoms with Crippen LogP contribution in [0.3, 0.4) is 0 Å². The first-order chi connectivity index (χ1) is 8.20. The summed E-state index contributed by atoms with van der Waals surface area (Å²) in [6, 6.07) is 0. The molecule has 6 nitrogen and oxygen atoms in total. The van der Waals surface area contributed by atoms with E-state index >= 15 is 0 Å². The number of carbonyl (C=O) groups is 1. The molecule has 1 aliphatic heterocycles. The second kappa shape index (κ2) is 5.05. The van der Waals surface area contributed by atoms with Crippen LogP contribution >= 0.6 is 0 Å². The van der Waals surface area contributed by atoms with Crippen LogP contribution < -0.4 is 4.90 Å². The first-order valence-corrected chi connectivity index (χ1v) is 5.12. The predicted octanol–water partition coefficient (Wildman–Crippen LogP) is -0.00610. The molecule has 1 aromatic rings. The van der Waals surface area contributed by atoms with E-state index in [4.69, 9.17) is 4.74 Å². The molecule has 0 amide bonds. The van der Waals surface area contributed by atoms with Crippen LogP contribution in [0.1, 0.15) is 0 Å². The molecule has 0 aliphatic carbocycles. The summed E-state index contributed by atoms with van der Waals surface area (Å²) in [4.78, 5) is 20.8. The molecule has 2 heterocycles.